The van der Waals surface area contributed by atoms with E-state index in [1.54, 1.807) is 0 Å². The van der Waals surface area contributed by atoms with Gasteiger partial charge in [-0.3, -0.25) is 0 Å². The summed E-state index contributed by atoms with van der Waals surface area (Å²) in [7, 11) is 0. The van der Waals surface area contributed by atoms with Crippen molar-refractivity contribution in [2.24, 2.45) is 5.11 Å². The number of rotatable bonds is 9. The van der Waals surface area contributed by atoms with Crippen molar-refractivity contribution < 1.29 is 23.8 Å². The first-order valence-corrected chi connectivity index (χ1v) is 6.72. The molecule has 0 aliphatic heterocycles. The van der Waals surface area contributed by atoms with Crippen molar-refractivity contribution in [1.29, 1.82) is 0 Å². The SMILES string of the molecule is CCOCCOC(=O)c1ccc(C(=O)OCCN=[N+]=[N-])cc1. The quantitative estimate of drug-likeness (QED) is 0.228. The molecule has 0 fully saturated rings. The average Bonchev–Trinajstić information content (AvgIpc) is 2.55. The molecule has 0 bridgehead atoms. The van der Waals surface area contributed by atoms with Gasteiger partial charge in [-0.2, -0.15) is 0 Å². The maximum atomic E-state index is 11.7. The Labute approximate surface area is 127 Å². The van der Waals surface area contributed by atoms with Crippen LogP contribution in [0.4, 0.5) is 0 Å². The number of benzene rings is 1. The van der Waals surface area contributed by atoms with Crippen LogP contribution in [-0.4, -0.2) is 44.9 Å². The number of azide groups is 1. The second kappa shape index (κ2) is 10.2. The van der Waals surface area contributed by atoms with Crippen molar-refractivity contribution in [1.82, 2.24) is 0 Å². The molecule has 1 rings (SSSR count). The lowest BCUT2D eigenvalue weighted by atomic mass is 10.1. The smallest absolute Gasteiger partial charge is 0.338 e. The minimum Gasteiger partial charge on any atom is -0.462 e. The van der Waals surface area contributed by atoms with Crippen LogP contribution in [0.15, 0.2) is 29.4 Å². The molecule has 8 nitrogen and oxygen atoms in total. The summed E-state index contributed by atoms with van der Waals surface area (Å²) in [5.74, 6) is -1.03. The summed E-state index contributed by atoms with van der Waals surface area (Å²) in [5.41, 5.74) is 8.72. The Morgan fingerprint density at radius 3 is 2.09 bits per heavy atom. The van der Waals surface area contributed by atoms with Gasteiger partial charge < -0.3 is 14.2 Å². The van der Waals surface area contributed by atoms with Gasteiger partial charge in [0.15, 0.2) is 0 Å². The summed E-state index contributed by atoms with van der Waals surface area (Å²) in [5, 5.41) is 3.25. The van der Waals surface area contributed by atoms with Gasteiger partial charge in [0.2, 0.25) is 0 Å². The summed E-state index contributed by atoms with van der Waals surface area (Å²) < 4.78 is 14.9. The minimum absolute atomic E-state index is 0.00408. The monoisotopic (exact) mass is 307 g/mol. The Bertz CT molecular complexity index is 538. The van der Waals surface area contributed by atoms with Crippen molar-refractivity contribution in [2.75, 3.05) is 33.0 Å². The molecule has 0 aliphatic carbocycles. The first-order valence-electron chi connectivity index (χ1n) is 6.72. The summed E-state index contributed by atoms with van der Waals surface area (Å²) >= 11 is 0. The number of hydrogen-bond donors (Lipinski definition) is 0. The van der Waals surface area contributed by atoms with Gasteiger partial charge in [-0.25, -0.2) is 9.59 Å². The van der Waals surface area contributed by atoms with Crippen molar-refractivity contribution in [2.45, 2.75) is 6.92 Å². The summed E-state index contributed by atoms with van der Waals surface area (Å²) in [6, 6.07) is 5.89. The average molecular weight is 307 g/mol. The minimum atomic E-state index is -0.551. The van der Waals surface area contributed by atoms with Gasteiger partial charge in [-0.1, -0.05) is 5.11 Å². The van der Waals surface area contributed by atoms with E-state index in [1.165, 1.54) is 24.3 Å². The second-order valence-corrected chi connectivity index (χ2v) is 4.00. The zero-order chi connectivity index (χ0) is 16.2. The van der Waals surface area contributed by atoms with Gasteiger partial charge in [0.1, 0.15) is 6.61 Å². The van der Waals surface area contributed by atoms with E-state index in [1.807, 2.05) is 6.92 Å². The standard InChI is InChI=1S/C14H17N3O5/c1-2-20-9-10-22-14(19)12-5-3-11(4-6-12)13(18)21-8-7-16-17-15/h3-6H,2,7-10H2,1H3. The number of carbonyl (C=O) groups is 2. The van der Waals surface area contributed by atoms with Crippen molar-refractivity contribution in [3.63, 3.8) is 0 Å². The molecule has 1 aromatic rings. The first kappa shape index (κ1) is 17.5. The van der Waals surface area contributed by atoms with Crippen LogP contribution >= 0.6 is 0 Å². The second-order valence-electron chi connectivity index (χ2n) is 4.00. The van der Waals surface area contributed by atoms with Gasteiger partial charge >= 0.3 is 11.9 Å². The topological polar surface area (TPSA) is 111 Å². The molecule has 0 saturated carbocycles. The molecular weight excluding hydrogens is 290 g/mol. The van der Waals surface area contributed by atoms with E-state index in [0.717, 1.165) is 0 Å². The van der Waals surface area contributed by atoms with Crippen LogP contribution in [0.5, 0.6) is 0 Å². The van der Waals surface area contributed by atoms with Gasteiger partial charge in [-0.15, -0.1) is 0 Å². The van der Waals surface area contributed by atoms with Crippen LogP contribution in [0, 0.1) is 0 Å². The number of esters is 2. The van der Waals surface area contributed by atoms with E-state index < -0.39 is 11.9 Å². The van der Waals surface area contributed by atoms with E-state index in [-0.39, 0.29) is 19.8 Å². The van der Waals surface area contributed by atoms with E-state index in [0.29, 0.717) is 24.3 Å². The van der Waals surface area contributed by atoms with Gasteiger partial charge in [0, 0.05) is 11.5 Å². The Kier molecular flexibility index (Phi) is 8.10. The lowest BCUT2D eigenvalue weighted by Crippen LogP contribution is -2.12. The molecule has 0 aromatic heterocycles. The molecule has 0 radical (unpaired) electrons. The summed E-state index contributed by atoms with van der Waals surface area (Å²) in [6.45, 7) is 3.02. The van der Waals surface area contributed by atoms with Crippen molar-refractivity contribution >= 4 is 11.9 Å². The molecule has 0 N–H and O–H groups in total. The fourth-order valence-electron chi connectivity index (χ4n) is 1.47. The highest BCUT2D eigenvalue weighted by Gasteiger charge is 2.10. The Morgan fingerprint density at radius 2 is 1.59 bits per heavy atom. The third-order valence-corrected chi connectivity index (χ3v) is 2.51. The van der Waals surface area contributed by atoms with E-state index in [4.69, 9.17) is 19.7 Å². The zero-order valence-electron chi connectivity index (χ0n) is 12.2. The van der Waals surface area contributed by atoms with Gasteiger partial charge in [0.25, 0.3) is 0 Å². The van der Waals surface area contributed by atoms with E-state index in [2.05, 4.69) is 10.0 Å². The molecule has 1 aromatic carbocycles. The van der Waals surface area contributed by atoms with E-state index >= 15 is 0 Å². The van der Waals surface area contributed by atoms with Gasteiger partial charge in [-0.05, 0) is 36.7 Å². The predicted molar refractivity (Wildman–Crippen MR) is 77.5 cm³/mol. The molecule has 118 valence electrons. The molecule has 0 atom stereocenters. The Balaban J connectivity index is 2.46. The molecule has 0 spiro atoms. The summed E-state index contributed by atoms with van der Waals surface area (Å²) in [6.07, 6.45) is 0. The lowest BCUT2D eigenvalue weighted by Gasteiger charge is -2.06. The molecular formula is C14H17N3O5. The molecule has 22 heavy (non-hydrogen) atoms. The highest BCUT2D eigenvalue weighted by molar-refractivity contribution is 5.93. The van der Waals surface area contributed by atoms with E-state index in [9.17, 15) is 9.59 Å². The van der Waals surface area contributed by atoms with Crippen LogP contribution < -0.4 is 0 Å². The van der Waals surface area contributed by atoms with Gasteiger partial charge in [0.05, 0.1) is 30.9 Å². The van der Waals surface area contributed by atoms with Crippen LogP contribution in [0.1, 0.15) is 27.6 Å². The maximum absolute atomic E-state index is 11.7. The molecule has 0 unspecified atom stereocenters. The molecule has 0 heterocycles. The highest BCUT2D eigenvalue weighted by atomic mass is 16.6. The lowest BCUT2D eigenvalue weighted by molar-refractivity contribution is 0.0334. The van der Waals surface area contributed by atoms with Crippen molar-refractivity contribution in [3.8, 4) is 0 Å². The summed E-state index contributed by atoms with van der Waals surface area (Å²) in [4.78, 5) is 25.9. The number of carbonyl (C=O) groups excluding carboxylic acids is 2. The van der Waals surface area contributed by atoms with Crippen LogP contribution in [-0.2, 0) is 14.2 Å². The maximum Gasteiger partial charge on any atom is 0.338 e. The predicted octanol–water partition coefficient (Wildman–Crippen LogP) is 2.35. The molecule has 0 aliphatic rings. The van der Waals surface area contributed by atoms with Crippen LogP contribution in [0.25, 0.3) is 10.4 Å². The largest absolute Gasteiger partial charge is 0.462 e. The fraction of sp³-hybridized carbons (Fsp3) is 0.429. The first-order chi connectivity index (χ1) is 10.7. The third-order valence-electron chi connectivity index (χ3n) is 2.51. The molecule has 8 heteroatoms. The normalized spacial score (nSPS) is 9.68. The number of hydrogen-bond acceptors (Lipinski definition) is 6. The highest BCUT2D eigenvalue weighted by Crippen LogP contribution is 2.07. The van der Waals surface area contributed by atoms with Crippen molar-refractivity contribution in [3.05, 3.63) is 45.8 Å². The fourth-order valence-corrected chi connectivity index (χ4v) is 1.47. The Hall–Kier alpha value is -2.57. The Morgan fingerprint density at radius 1 is 1.05 bits per heavy atom. The van der Waals surface area contributed by atoms with Crippen LogP contribution in [0.2, 0.25) is 0 Å². The third kappa shape index (κ3) is 6.25. The zero-order valence-corrected chi connectivity index (χ0v) is 12.2. The van der Waals surface area contributed by atoms with Crippen LogP contribution in [0.3, 0.4) is 0 Å². The number of nitrogens with zero attached hydrogens (tertiary/aromatic N) is 3. The number of ether oxygens (including phenoxy) is 3. The molecule has 0 saturated heterocycles. The molecule has 0 amide bonds.